The molecule has 1 amide bonds. The van der Waals surface area contributed by atoms with Gasteiger partial charge in [0.15, 0.2) is 0 Å². The maximum absolute atomic E-state index is 10.8. The Morgan fingerprint density at radius 3 is 2.35 bits per heavy atom. The van der Waals surface area contributed by atoms with E-state index >= 15 is 0 Å². The summed E-state index contributed by atoms with van der Waals surface area (Å²) in [6.45, 7) is 7.60. The van der Waals surface area contributed by atoms with Gasteiger partial charge < -0.3 is 9.84 Å². The molecule has 0 atom stereocenters. The van der Waals surface area contributed by atoms with Gasteiger partial charge in [0.2, 0.25) is 0 Å². The van der Waals surface area contributed by atoms with Gasteiger partial charge in [0.05, 0.1) is 18.9 Å². The second-order valence-corrected chi connectivity index (χ2v) is 5.36. The molecular weight excluding hydrogens is 258 g/mol. The molecule has 0 radical (unpaired) electrons. The van der Waals surface area contributed by atoms with Crippen LogP contribution in [-0.2, 0) is 10.3 Å². The molecule has 1 aliphatic rings. The zero-order valence-corrected chi connectivity index (χ0v) is 11.9. The highest BCUT2D eigenvalue weighted by atomic mass is 16.5. The number of hydrazine groups is 1. The molecule has 0 aromatic heterocycles. The normalized spacial score (nSPS) is 16.9. The lowest BCUT2D eigenvalue weighted by molar-refractivity contribution is -0.0118. The van der Waals surface area contributed by atoms with E-state index in [1.807, 2.05) is 12.1 Å². The lowest BCUT2D eigenvalue weighted by atomic mass is 9.91. The monoisotopic (exact) mass is 279 g/mol. The lowest BCUT2D eigenvalue weighted by Crippen LogP contribution is -2.48. The molecule has 0 bridgehead atoms. The average Bonchev–Trinajstić information content (AvgIpc) is 2.47. The quantitative estimate of drug-likeness (QED) is 0.499. The number of benzene rings is 1. The Bertz CT molecular complexity index is 467. The summed E-state index contributed by atoms with van der Waals surface area (Å²) in [5.74, 6) is 5.45. The number of anilines is 1. The van der Waals surface area contributed by atoms with Gasteiger partial charge in [-0.2, -0.15) is 0 Å². The molecule has 0 unspecified atom stereocenters. The zero-order chi connectivity index (χ0) is 14.8. The Morgan fingerprint density at radius 2 is 1.85 bits per heavy atom. The fraction of sp³-hybridized carbons (Fsp3) is 0.500. The van der Waals surface area contributed by atoms with Crippen molar-refractivity contribution in [2.75, 3.05) is 31.3 Å². The Labute approximate surface area is 118 Å². The predicted octanol–water partition coefficient (Wildman–Crippen LogP) is 1.61. The van der Waals surface area contributed by atoms with E-state index in [4.69, 9.17) is 15.7 Å². The summed E-state index contributed by atoms with van der Waals surface area (Å²) in [7, 11) is 0. The van der Waals surface area contributed by atoms with Crippen LogP contribution in [0.2, 0.25) is 0 Å². The number of ether oxygens (including phenoxy) is 1. The van der Waals surface area contributed by atoms with Gasteiger partial charge >= 0.3 is 6.09 Å². The molecule has 1 saturated heterocycles. The number of carboxylic acid groups (broad SMARTS) is 1. The minimum Gasteiger partial charge on any atom is -0.464 e. The Kier molecular flexibility index (Phi) is 4.27. The topological polar surface area (TPSA) is 79.0 Å². The number of amides is 1. The molecule has 0 spiro atoms. The molecule has 1 aromatic carbocycles. The van der Waals surface area contributed by atoms with Crippen molar-refractivity contribution < 1.29 is 14.6 Å². The van der Waals surface area contributed by atoms with Crippen LogP contribution in [0.1, 0.15) is 19.4 Å². The fourth-order valence-electron chi connectivity index (χ4n) is 2.45. The summed E-state index contributed by atoms with van der Waals surface area (Å²) >= 11 is 0. The number of nitrogens with zero attached hydrogens (tertiary/aromatic N) is 2. The van der Waals surface area contributed by atoms with Crippen molar-refractivity contribution in [1.82, 2.24) is 4.90 Å². The highest BCUT2D eigenvalue weighted by Crippen LogP contribution is 2.29. The van der Waals surface area contributed by atoms with Gasteiger partial charge in [-0.1, -0.05) is 12.1 Å². The van der Waals surface area contributed by atoms with Gasteiger partial charge in [-0.3, -0.25) is 4.90 Å². The molecule has 20 heavy (non-hydrogen) atoms. The highest BCUT2D eigenvalue weighted by Gasteiger charge is 2.30. The molecule has 110 valence electrons. The van der Waals surface area contributed by atoms with Crippen LogP contribution in [0.3, 0.4) is 0 Å². The summed E-state index contributed by atoms with van der Waals surface area (Å²) < 4.78 is 5.38. The first kappa shape index (κ1) is 14.8. The van der Waals surface area contributed by atoms with Gasteiger partial charge in [-0.05, 0) is 31.5 Å². The molecule has 3 N–H and O–H groups in total. The smallest absolute Gasteiger partial charge is 0.426 e. The van der Waals surface area contributed by atoms with Crippen molar-refractivity contribution in [3.8, 4) is 0 Å². The number of hydrogen-bond donors (Lipinski definition) is 2. The van der Waals surface area contributed by atoms with E-state index in [2.05, 4.69) is 18.7 Å². The lowest BCUT2D eigenvalue weighted by Gasteiger charge is -2.41. The van der Waals surface area contributed by atoms with E-state index in [1.165, 1.54) is 0 Å². The molecule has 1 aromatic rings. The molecule has 6 nitrogen and oxygen atoms in total. The SMILES string of the molecule is CC(C)(c1ccc(N(N)C(=O)O)cc1)N1CCOCC1. The Balaban J connectivity index is 2.17. The van der Waals surface area contributed by atoms with E-state index in [0.29, 0.717) is 10.7 Å². The van der Waals surface area contributed by atoms with Crippen LogP contribution >= 0.6 is 0 Å². The maximum Gasteiger partial charge on any atom is 0.426 e. The zero-order valence-electron chi connectivity index (χ0n) is 11.9. The minimum absolute atomic E-state index is 0.120. The van der Waals surface area contributed by atoms with E-state index in [1.54, 1.807) is 12.1 Å². The van der Waals surface area contributed by atoms with Crippen LogP contribution in [0.15, 0.2) is 24.3 Å². The Morgan fingerprint density at radius 1 is 1.30 bits per heavy atom. The van der Waals surface area contributed by atoms with Gasteiger partial charge in [0, 0.05) is 18.6 Å². The first-order chi connectivity index (χ1) is 9.43. The standard InChI is InChI=1S/C14H21N3O3/c1-14(2,16-7-9-20-10-8-16)11-3-5-12(6-4-11)17(15)13(18)19/h3-6H,7-10,15H2,1-2H3,(H,18,19). The second-order valence-electron chi connectivity index (χ2n) is 5.36. The van der Waals surface area contributed by atoms with Gasteiger partial charge in [0.25, 0.3) is 0 Å². The van der Waals surface area contributed by atoms with Crippen LogP contribution in [-0.4, -0.2) is 42.4 Å². The van der Waals surface area contributed by atoms with Crippen molar-refractivity contribution in [3.05, 3.63) is 29.8 Å². The highest BCUT2D eigenvalue weighted by molar-refractivity contribution is 5.84. The third-order valence-electron chi connectivity index (χ3n) is 3.86. The minimum atomic E-state index is -1.18. The number of nitrogens with two attached hydrogens (primary N) is 1. The van der Waals surface area contributed by atoms with Crippen LogP contribution in [0.4, 0.5) is 10.5 Å². The number of carbonyl (C=O) groups is 1. The largest absolute Gasteiger partial charge is 0.464 e. The van der Waals surface area contributed by atoms with E-state index in [0.717, 1.165) is 31.9 Å². The van der Waals surface area contributed by atoms with Crippen molar-refractivity contribution in [3.63, 3.8) is 0 Å². The first-order valence-electron chi connectivity index (χ1n) is 6.64. The van der Waals surface area contributed by atoms with Crippen molar-refractivity contribution >= 4 is 11.8 Å². The fourth-order valence-corrected chi connectivity index (χ4v) is 2.45. The van der Waals surface area contributed by atoms with Crippen LogP contribution in [0, 0.1) is 0 Å². The molecule has 2 rings (SSSR count). The summed E-state index contributed by atoms with van der Waals surface area (Å²) in [6.07, 6.45) is -1.18. The van der Waals surface area contributed by atoms with Crippen LogP contribution < -0.4 is 10.9 Å². The second kappa shape index (κ2) is 5.78. The van der Waals surface area contributed by atoms with Crippen molar-refractivity contribution in [1.29, 1.82) is 0 Å². The van der Waals surface area contributed by atoms with Crippen molar-refractivity contribution in [2.45, 2.75) is 19.4 Å². The predicted molar refractivity (Wildman–Crippen MR) is 76.6 cm³/mol. The molecule has 1 fully saturated rings. The van der Waals surface area contributed by atoms with Gasteiger partial charge in [0.1, 0.15) is 0 Å². The average molecular weight is 279 g/mol. The summed E-state index contributed by atoms with van der Waals surface area (Å²) in [4.78, 5) is 13.2. The number of rotatable bonds is 3. The van der Waals surface area contributed by atoms with Crippen LogP contribution in [0.25, 0.3) is 0 Å². The maximum atomic E-state index is 10.8. The third kappa shape index (κ3) is 2.92. The van der Waals surface area contributed by atoms with Crippen LogP contribution in [0.5, 0.6) is 0 Å². The number of morpholine rings is 1. The molecule has 1 heterocycles. The molecule has 6 heteroatoms. The van der Waals surface area contributed by atoms with Gasteiger partial charge in [-0.25, -0.2) is 15.6 Å². The summed E-state index contributed by atoms with van der Waals surface area (Å²) in [5, 5.41) is 9.56. The molecule has 1 aliphatic heterocycles. The van der Waals surface area contributed by atoms with E-state index < -0.39 is 6.09 Å². The van der Waals surface area contributed by atoms with E-state index in [9.17, 15) is 4.79 Å². The van der Waals surface area contributed by atoms with Crippen molar-refractivity contribution in [2.24, 2.45) is 5.84 Å². The van der Waals surface area contributed by atoms with Gasteiger partial charge in [-0.15, -0.1) is 0 Å². The summed E-state index contributed by atoms with van der Waals surface area (Å²) in [6, 6.07) is 7.30. The third-order valence-corrected chi connectivity index (χ3v) is 3.86. The summed E-state index contributed by atoms with van der Waals surface area (Å²) in [5.41, 5.74) is 1.46. The Hall–Kier alpha value is -1.63. The first-order valence-corrected chi connectivity index (χ1v) is 6.64. The molecular formula is C14H21N3O3. The van der Waals surface area contributed by atoms with E-state index in [-0.39, 0.29) is 5.54 Å². The number of hydrogen-bond acceptors (Lipinski definition) is 4. The molecule has 0 aliphatic carbocycles. The molecule has 0 saturated carbocycles.